The van der Waals surface area contributed by atoms with Gasteiger partial charge in [0, 0.05) is 18.7 Å². The Hall–Kier alpha value is -4.40. The van der Waals surface area contributed by atoms with Gasteiger partial charge in [0.2, 0.25) is 0 Å². The summed E-state index contributed by atoms with van der Waals surface area (Å²) in [5, 5.41) is 14.4. The smallest absolute Gasteiger partial charge is 0.402 e. The van der Waals surface area contributed by atoms with Gasteiger partial charge in [-0.15, -0.1) is 0 Å². The van der Waals surface area contributed by atoms with Crippen molar-refractivity contribution in [2.24, 2.45) is 0 Å². The summed E-state index contributed by atoms with van der Waals surface area (Å²) in [6.45, 7) is 10.8. The van der Waals surface area contributed by atoms with Crippen LogP contribution >= 0.6 is 0 Å². The number of morpholine rings is 1. The van der Waals surface area contributed by atoms with Gasteiger partial charge in [0.05, 0.1) is 48.9 Å². The molecule has 14 heteroatoms. The van der Waals surface area contributed by atoms with Crippen LogP contribution in [0.2, 0.25) is 0 Å². The molecule has 1 aromatic heterocycles. The average molecular weight is 707 g/mol. The van der Waals surface area contributed by atoms with Gasteiger partial charge < -0.3 is 43.3 Å². The largest absolute Gasteiger partial charge is 0.493 e. The molecule has 6 rings (SSSR count). The van der Waals surface area contributed by atoms with E-state index in [0.717, 1.165) is 29.7 Å². The van der Waals surface area contributed by atoms with Crippen LogP contribution in [0.15, 0.2) is 47.2 Å². The summed E-state index contributed by atoms with van der Waals surface area (Å²) in [7, 11) is -2.48. The van der Waals surface area contributed by atoms with Crippen LogP contribution < -0.4 is 14.8 Å². The van der Waals surface area contributed by atoms with E-state index in [9.17, 15) is 19.5 Å². The number of hydrogen-bond donors (Lipinski definition) is 2. The maximum Gasteiger partial charge on any atom is 0.402 e. The molecule has 4 heterocycles. The number of oxazole rings is 1. The highest BCUT2D eigenvalue weighted by Crippen LogP contribution is 2.32. The van der Waals surface area contributed by atoms with Gasteiger partial charge in [-0.2, -0.15) is 0 Å². The van der Waals surface area contributed by atoms with E-state index < -0.39 is 32.3 Å². The number of carbonyl (C=O) groups excluding carboxylic acids is 3. The van der Waals surface area contributed by atoms with Crippen LogP contribution in [0.5, 0.6) is 11.5 Å². The highest BCUT2D eigenvalue weighted by molar-refractivity contribution is 6.59. The predicted molar refractivity (Wildman–Crippen MR) is 184 cm³/mol. The summed E-state index contributed by atoms with van der Waals surface area (Å²) in [6, 6.07) is 11.1. The Labute approximate surface area is 293 Å². The molecule has 2 fully saturated rings. The molecule has 2 saturated heterocycles. The van der Waals surface area contributed by atoms with E-state index in [1.165, 1.54) is 6.39 Å². The predicted octanol–water partition coefficient (Wildman–Crippen LogP) is 3.85. The minimum Gasteiger partial charge on any atom is -0.493 e. The first kappa shape index (κ1) is 35.4. The topological polar surface area (TPSA) is 153 Å². The Morgan fingerprint density at radius 3 is 2.52 bits per heavy atom. The molecule has 13 nitrogen and oxygen atoms in total. The molecule has 0 aliphatic carbocycles. The number of fused-ring (bicyclic) bond motifs is 3. The molecule has 2 N–H and O–H groups in total. The van der Waals surface area contributed by atoms with E-state index in [1.54, 1.807) is 43.5 Å². The molecule has 3 aromatic rings. The van der Waals surface area contributed by atoms with Crippen LogP contribution in [0.1, 0.15) is 83.8 Å². The molecule has 0 spiro atoms. The minimum atomic E-state index is -2.48. The van der Waals surface area contributed by atoms with Crippen molar-refractivity contribution in [3.8, 4) is 11.5 Å². The van der Waals surface area contributed by atoms with Crippen molar-refractivity contribution in [3.05, 3.63) is 76.5 Å². The van der Waals surface area contributed by atoms with Gasteiger partial charge >= 0.3 is 6.09 Å². The Morgan fingerprint density at radius 1 is 1.08 bits per heavy atom. The Bertz CT molecular complexity index is 1710. The molecular weight excluding hydrogens is 661 g/mol. The number of carbonyl (C=O) groups is 3. The third kappa shape index (κ3) is 7.82. The van der Waals surface area contributed by atoms with Crippen LogP contribution in [-0.2, 0) is 28.7 Å². The molecule has 4 atom stereocenters. The highest BCUT2D eigenvalue weighted by Gasteiger charge is 2.41. The van der Waals surface area contributed by atoms with Crippen molar-refractivity contribution in [1.29, 1.82) is 0 Å². The molecule has 2 bridgehead atoms. The van der Waals surface area contributed by atoms with Crippen molar-refractivity contribution < 1.29 is 42.9 Å². The molecule has 268 valence electrons. The first-order valence-electron chi connectivity index (χ1n) is 17.2. The van der Waals surface area contributed by atoms with E-state index in [2.05, 4.69) is 10.3 Å². The van der Waals surface area contributed by atoms with E-state index in [4.69, 9.17) is 23.4 Å². The lowest BCUT2D eigenvalue weighted by molar-refractivity contribution is -0.00718. The molecule has 50 heavy (non-hydrogen) atoms. The first-order chi connectivity index (χ1) is 23.9. The number of hydrogen-bond acceptors (Lipinski definition) is 10. The lowest BCUT2D eigenvalue weighted by Crippen LogP contribution is -2.58. The molecule has 0 saturated carbocycles. The standard InChI is InChI=1S/C36H46N4O9Si/c1-6-46-30-14-23(34(43)40-26-9-10-27(40)18-45-17-26)8-12-29(30)33(42)37-15-32(41)50-20-24-7-11-28(47-19-31-22(2)38-21-48-31)13-25(24)16-39(50)35(44)49-36(3,4)5/h7-8,11-14,21,26-27,32,41,50H,6,9-10,15-20H2,1-5H3,(H,37,42)/t26?,27?,32-,50-/m0/s1. The molecule has 3 amide bonds. The summed E-state index contributed by atoms with van der Waals surface area (Å²) in [6.07, 6.45) is 2.70. The zero-order chi connectivity index (χ0) is 35.6. The fourth-order valence-corrected chi connectivity index (χ4v) is 9.71. The number of aliphatic hydroxyl groups is 1. The minimum absolute atomic E-state index is 0.0576. The number of nitrogens with zero attached hydrogens (tertiary/aromatic N) is 3. The van der Waals surface area contributed by atoms with Gasteiger partial charge in [0.1, 0.15) is 23.7 Å². The van der Waals surface area contributed by atoms with Crippen LogP contribution in [0.3, 0.4) is 0 Å². The monoisotopic (exact) mass is 706 g/mol. The maximum atomic E-state index is 13.5. The Morgan fingerprint density at radius 2 is 1.84 bits per heavy atom. The number of nitrogens with one attached hydrogen (secondary N) is 1. The zero-order valence-corrected chi connectivity index (χ0v) is 30.4. The molecule has 2 unspecified atom stereocenters. The van der Waals surface area contributed by atoms with Crippen LogP contribution in [0.4, 0.5) is 4.79 Å². The third-order valence-electron chi connectivity index (χ3n) is 9.35. The SMILES string of the molecule is CCOc1cc(C(=O)N2C3CCC2COC3)ccc1C(=O)NC[C@@H](O)[Si@@H]1Cc2ccc(OCc3ocnc3C)cc2CN1C(=O)OC(C)(C)C. The van der Waals surface area contributed by atoms with Crippen molar-refractivity contribution in [2.45, 2.75) is 90.1 Å². The lowest BCUT2D eigenvalue weighted by Gasteiger charge is -2.39. The molecular formula is C36H46N4O9Si. The number of aryl methyl sites for hydroxylation is 1. The number of rotatable bonds is 10. The molecule has 0 radical (unpaired) electrons. The summed E-state index contributed by atoms with van der Waals surface area (Å²) < 4.78 is 30.2. The Balaban J connectivity index is 1.15. The lowest BCUT2D eigenvalue weighted by atomic mass is 10.1. The van der Waals surface area contributed by atoms with Gasteiger partial charge in [-0.05, 0) is 95.0 Å². The van der Waals surface area contributed by atoms with Gasteiger partial charge in [-0.25, -0.2) is 9.78 Å². The average Bonchev–Trinajstić information content (AvgIpc) is 3.61. The first-order valence-corrected chi connectivity index (χ1v) is 19.2. The fourth-order valence-electron chi connectivity index (χ4n) is 6.81. The number of aliphatic hydroxyl groups excluding tert-OH is 1. The normalized spacial score (nSPS) is 20.6. The third-order valence-corrected chi connectivity index (χ3v) is 12.5. The van der Waals surface area contributed by atoms with Crippen LogP contribution in [-0.4, -0.2) is 96.2 Å². The molecule has 3 aliphatic rings. The number of ether oxygens (including phenoxy) is 4. The van der Waals surface area contributed by atoms with Crippen molar-refractivity contribution >= 4 is 26.9 Å². The molecule has 3 aliphatic heterocycles. The van der Waals surface area contributed by atoms with E-state index in [1.807, 2.05) is 36.9 Å². The number of benzene rings is 2. The van der Waals surface area contributed by atoms with E-state index in [-0.39, 0.29) is 43.3 Å². The summed E-state index contributed by atoms with van der Waals surface area (Å²) >= 11 is 0. The summed E-state index contributed by atoms with van der Waals surface area (Å²) in [5.74, 6) is 0.996. The van der Waals surface area contributed by atoms with Crippen molar-refractivity contribution in [3.63, 3.8) is 0 Å². The van der Waals surface area contributed by atoms with E-state index >= 15 is 0 Å². The van der Waals surface area contributed by atoms with Gasteiger partial charge in [0.15, 0.2) is 21.1 Å². The van der Waals surface area contributed by atoms with Crippen LogP contribution in [0, 0.1) is 6.92 Å². The van der Waals surface area contributed by atoms with Gasteiger partial charge in [-0.1, -0.05) is 6.07 Å². The molecule has 2 aromatic carbocycles. The maximum absolute atomic E-state index is 13.5. The quantitative estimate of drug-likeness (QED) is 0.298. The number of aromatic nitrogens is 1. The van der Waals surface area contributed by atoms with Crippen molar-refractivity contribution in [2.75, 3.05) is 26.4 Å². The summed E-state index contributed by atoms with van der Waals surface area (Å²) in [5.41, 5.74) is 1.63. The van der Waals surface area contributed by atoms with Crippen molar-refractivity contribution in [1.82, 2.24) is 19.8 Å². The summed E-state index contributed by atoms with van der Waals surface area (Å²) in [4.78, 5) is 46.5. The zero-order valence-electron chi connectivity index (χ0n) is 29.3. The van der Waals surface area contributed by atoms with Gasteiger partial charge in [0.25, 0.3) is 11.8 Å². The second-order valence-electron chi connectivity index (χ2n) is 14.0. The second-order valence-corrected chi connectivity index (χ2v) is 17.0. The number of amides is 3. The Kier molecular flexibility index (Phi) is 10.5. The van der Waals surface area contributed by atoms with Crippen LogP contribution in [0.25, 0.3) is 0 Å². The van der Waals surface area contributed by atoms with E-state index in [0.29, 0.717) is 48.7 Å². The second kappa shape index (κ2) is 14.8. The van der Waals surface area contributed by atoms with Gasteiger partial charge in [-0.3, -0.25) is 9.59 Å². The fraction of sp³-hybridized carbons (Fsp3) is 0.500. The highest BCUT2D eigenvalue weighted by atomic mass is 28.3.